The summed E-state index contributed by atoms with van der Waals surface area (Å²) < 4.78 is 0. The molecule has 4 nitrogen and oxygen atoms in total. The van der Waals surface area contributed by atoms with Gasteiger partial charge in [-0.3, -0.25) is 9.59 Å². The number of hydrogen-bond donors (Lipinski definition) is 2. The number of benzene rings is 1. The summed E-state index contributed by atoms with van der Waals surface area (Å²) in [4.78, 5) is 22.1. The second-order valence-corrected chi connectivity index (χ2v) is 5.34. The van der Waals surface area contributed by atoms with E-state index in [9.17, 15) is 9.59 Å². The Balaban J connectivity index is 2.21. The summed E-state index contributed by atoms with van der Waals surface area (Å²) in [5.74, 6) is -0.976. The van der Waals surface area contributed by atoms with Gasteiger partial charge in [0.2, 0.25) is 0 Å². The van der Waals surface area contributed by atoms with Crippen molar-refractivity contribution in [3.8, 4) is 0 Å². The van der Waals surface area contributed by atoms with Gasteiger partial charge in [0.25, 0.3) is 5.91 Å². The summed E-state index contributed by atoms with van der Waals surface area (Å²) in [7, 11) is 0. The summed E-state index contributed by atoms with van der Waals surface area (Å²) in [6, 6.07) is 4.70. The number of unbranched alkanes of at least 4 members (excludes halogenated alkanes) is 3. The van der Waals surface area contributed by atoms with Gasteiger partial charge >= 0.3 is 5.97 Å². The second-order valence-electron chi connectivity index (χ2n) is 4.47. The van der Waals surface area contributed by atoms with E-state index in [1.54, 1.807) is 18.2 Å². The highest BCUT2D eigenvalue weighted by molar-refractivity contribution is 6.35. The van der Waals surface area contributed by atoms with Gasteiger partial charge in [0, 0.05) is 28.6 Å². The third-order valence-corrected chi connectivity index (χ3v) is 3.16. The van der Waals surface area contributed by atoms with Crippen molar-refractivity contribution in [1.29, 1.82) is 0 Å². The van der Waals surface area contributed by atoms with Gasteiger partial charge in [0.15, 0.2) is 0 Å². The van der Waals surface area contributed by atoms with Crippen LogP contribution in [0.1, 0.15) is 42.5 Å². The lowest BCUT2D eigenvalue weighted by Gasteiger charge is -2.06. The molecule has 1 amide bonds. The summed E-state index contributed by atoms with van der Waals surface area (Å²) >= 11 is 11.7. The fraction of sp³-hybridized carbons (Fsp3) is 0.429. The van der Waals surface area contributed by atoms with E-state index in [-0.39, 0.29) is 12.3 Å². The molecule has 0 aliphatic carbocycles. The van der Waals surface area contributed by atoms with Crippen LogP contribution in [-0.2, 0) is 4.79 Å². The molecular formula is C14H17Cl2NO3. The first kappa shape index (κ1) is 16.8. The Kier molecular flexibility index (Phi) is 7.41. The number of carbonyl (C=O) groups is 2. The summed E-state index contributed by atoms with van der Waals surface area (Å²) in [5.41, 5.74) is 0.438. The van der Waals surface area contributed by atoms with Crippen LogP contribution >= 0.6 is 23.2 Å². The maximum atomic E-state index is 11.8. The first-order valence-corrected chi connectivity index (χ1v) is 7.20. The molecule has 0 aliphatic heterocycles. The normalized spacial score (nSPS) is 10.3. The minimum atomic E-state index is -0.767. The van der Waals surface area contributed by atoms with Crippen molar-refractivity contribution in [2.45, 2.75) is 32.1 Å². The number of nitrogens with one attached hydrogen (secondary N) is 1. The molecule has 0 spiro atoms. The standard InChI is InChI=1S/C14H17Cl2NO3/c15-11-7-10(8-12(16)9-11)14(20)17-6-4-2-1-3-5-13(18)19/h7-9H,1-6H2,(H,17,20)(H,18,19). The first-order valence-electron chi connectivity index (χ1n) is 6.45. The Labute approximate surface area is 128 Å². The molecule has 0 heterocycles. The van der Waals surface area contributed by atoms with E-state index < -0.39 is 5.97 Å². The predicted molar refractivity (Wildman–Crippen MR) is 79.5 cm³/mol. The highest BCUT2D eigenvalue weighted by atomic mass is 35.5. The highest BCUT2D eigenvalue weighted by Gasteiger charge is 2.07. The zero-order valence-electron chi connectivity index (χ0n) is 11.0. The van der Waals surface area contributed by atoms with Gasteiger partial charge in [-0.1, -0.05) is 36.0 Å². The van der Waals surface area contributed by atoms with Crippen molar-refractivity contribution in [2.24, 2.45) is 0 Å². The van der Waals surface area contributed by atoms with E-state index >= 15 is 0 Å². The topological polar surface area (TPSA) is 66.4 Å². The van der Waals surface area contributed by atoms with E-state index in [0.29, 0.717) is 28.6 Å². The number of amides is 1. The Morgan fingerprint density at radius 2 is 1.60 bits per heavy atom. The zero-order chi connectivity index (χ0) is 15.0. The van der Waals surface area contributed by atoms with E-state index in [4.69, 9.17) is 28.3 Å². The molecule has 0 saturated heterocycles. The molecule has 1 rings (SSSR count). The molecule has 0 atom stereocenters. The Morgan fingerprint density at radius 1 is 1.00 bits per heavy atom. The van der Waals surface area contributed by atoms with E-state index in [2.05, 4.69) is 5.32 Å². The van der Waals surface area contributed by atoms with E-state index in [1.165, 1.54) is 0 Å². The lowest BCUT2D eigenvalue weighted by atomic mass is 10.1. The average Bonchev–Trinajstić information content (AvgIpc) is 2.35. The van der Waals surface area contributed by atoms with Crippen LogP contribution < -0.4 is 5.32 Å². The van der Waals surface area contributed by atoms with Crippen LogP contribution in [0.3, 0.4) is 0 Å². The van der Waals surface area contributed by atoms with Gasteiger partial charge in [-0.05, 0) is 31.0 Å². The first-order chi connectivity index (χ1) is 9.49. The molecule has 1 aromatic rings. The van der Waals surface area contributed by atoms with Crippen LogP contribution in [0.4, 0.5) is 0 Å². The predicted octanol–water partition coefficient (Wildman–Crippen LogP) is 3.76. The number of carboxylic acid groups (broad SMARTS) is 1. The van der Waals surface area contributed by atoms with Gasteiger partial charge in [0.1, 0.15) is 0 Å². The van der Waals surface area contributed by atoms with Crippen LogP contribution in [0.15, 0.2) is 18.2 Å². The molecule has 0 bridgehead atoms. The molecule has 0 unspecified atom stereocenters. The summed E-state index contributed by atoms with van der Waals surface area (Å²) in [5, 5.41) is 12.1. The molecule has 20 heavy (non-hydrogen) atoms. The molecule has 6 heteroatoms. The lowest BCUT2D eigenvalue weighted by Crippen LogP contribution is -2.24. The molecular weight excluding hydrogens is 301 g/mol. The van der Waals surface area contributed by atoms with E-state index in [1.807, 2.05) is 0 Å². The molecule has 110 valence electrons. The van der Waals surface area contributed by atoms with Gasteiger partial charge in [-0.2, -0.15) is 0 Å². The summed E-state index contributed by atoms with van der Waals surface area (Å²) in [6.07, 6.45) is 3.44. The Bertz CT molecular complexity index is 457. The monoisotopic (exact) mass is 317 g/mol. The number of hydrogen-bond acceptors (Lipinski definition) is 2. The quantitative estimate of drug-likeness (QED) is 0.717. The van der Waals surface area contributed by atoms with Crippen molar-refractivity contribution < 1.29 is 14.7 Å². The van der Waals surface area contributed by atoms with Crippen LogP contribution in [-0.4, -0.2) is 23.5 Å². The summed E-state index contributed by atoms with van der Waals surface area (Å²) in [6.45, 7) is 0.552. The van der Waals surface area contributed by atoms with Crippen molar-refractivity contribution in [1.82, 2.24) is 5.32 Å². The van der Waals surface area contributed by atoms with Crippen LogP contribution in [0.2, 0.25) is 10.0 Å². The Morgan fingerprint density at radius 3 is 2.20 bits per heavy atom. The SMILES string of the molecule is O=C(O)CCCCCCNC(=O)c1cc(Cl)cc(Cl)c1. The van der Waals surface area contributed by atoms with Gasteiger partial charge in [-0.25, -0.2) is 0 Å². The molecule has 0 radical (unpaired) electrons. The molecule has 1 aromatic carbocycles. The minimum absolute atomic E-state index is 0.202. The maximum absolute atomic E-state index is 11.8. The average molecular weight is 318 g/mol. The fourth-order valence-corrected chi connectivity index (χ4v) is 2.27. The van der Waals surface area contributed by atoms with Crippen molar-refractivity contribution in [3.63, 3.8) is 0 Å². The smallest absolute Gasteiger partial charge is 0.303 e. The van der Waals surface area contributed by atoms with Crippen molar-refractivity contribution in [3.05, 3.63) is 33.8 Å². The van der Waals surface area contributed by atoms with Crippen LogP contribution in [0, 0.1) is 0 Å². The molecule has 2 N–H and O–H groups in total. The second kappa shape index (κ2) is 8.82. The minimum Gasteiger partial charge on any atom is -0.481 e. The van der Waals surface area contributed by atoms with Crippen LogP contribution in [0.25, 0.3) is 0 Å². The number of carboxylic acids is 1. The fourth-order valence-electron chi connectivity index (χ4n) is 1.74. The zero-order valence-corrected chi connectivity index (χ0v) is 12.5. The Hall–Kier alpha value is -1.26. The third-order valence-electron chi connectivity index (χ3n) is 2.73. The number of rotatable bonds is 8. The largest absolute Gasteiger partial charge is 0.481 e. The molecule has 0 aromatic heterocycles. The molecule has 0 fully saturated rings. The number of halogens is 2. The van der Waals surface area contributed by atoms with Gasteiger partial charge in [-0.15, -0.1) is 0 Å². The van der Waals surface area contributed by atoms with Gasteiger partial charge < -0.3 is 10.4 Å². The number of carbonyl (C=O) groups excluding carboxylic acids is 1. The maximum Gasteiger partial charge on any atom is 0.303 e. The molecule has 0 saturated carbocycles. The molecule has 0 aliphatic rings. The third kappa shape index (κ3) is 6.78. The van der Waals surface area contributed by atoms with Crippen molar-refractivity contribution >= 4 is 35.1 Å². The van der Waals surface area contributed by atoms with Crippen LogP contribution in [0.5, 0.6) is 0 Å². The lowest BCUT2D eigenvalue weighted by molar-refractivity contribution is -0.137. The number of aliphatic carboxylic acids is 1. The van der Waals surface area contributed by atoms with Gasteiger partial charge in [0.05, 0.1) is 0 Å². The van der Waals surface area contributed by atoms with Crippen molar-refractivity contribution in [2.75, 3.05) is 6.54 Å². The highest BCUT2D eigenvalue weighted by Crippen LogP contribution is 2.18. The van der Waals surface area contributed by atoms with E-state index in [0.717, 1.165) is 19.3 Å².